The van der Waals surface area contributed by atoms with Gasteiger partial charge in [-0.1, -0.05) is 82.4 Å². The van der Waals surface area contributed by atoms with Crippen LogP contribution in [0.3, 0.4) is 0 Å². The first-order valence-corrected chi connectivity index (χ1v) is 7.60. The van der Waals surface area contributed by atoms with Gasteiger partial charge in [0.15, 0.2) is 0 Å². The Morgan fingerprint density at radius 2 is 1.65 bits per heavy atom. The summed E-state index contributed by atoms with van der Waals surface area (Å²) in [6.07, 6.45) is 21.2. The Hall–Kier alpha value is -1.56. The summed E-state index contributed by atoms with van der Waals surface area (Å²) in [5, 5.41) is 0. The SMILES string of the molecule is CC1(C)C2=CC3=C1C=CC=C[C@@]3(C)[C@@H]1C=C[C@@]1(C)/C=C\2. The first-order valence-electron chi connectivity index (χ1n) is 7.60. The van der Waals surface area contributed by atoms with Gasteiger partial charge in [0.25, 0.3) is 0 Å². The molecule has 0 aromatic heterocycles. The number of rotatable bonds is 0. The summed E-state index contributed by atoms with van der Waals surface area (Å²) in [5.74, 6) is 0.555. The molecule has 0 N–H and O–H groups in total. The van der Waals surface area contributed by atoms with Gasteiger partial charge in [-0.3, -0.25) is 0 Å². The van der Waals surface area contributed by atoms with Gasteiger partial charge in [-0.25, -0.2) is 0 Å². The summed E-state index contributed by atoms with van der Waals surface area (Å²) in [4.78, 5) is 0. The van der Waals surface area contributed by atoms with E-state index >= 15 is 0 Å². The van der Waals surface area contributed by atoms with Crippen LogP contribution in [-0.2, 0) is 0 Å². The van der Waals surface area contributed by atoms with Gasteiger partial charge in [0.2, 0.25) is 0 Å². The van der Waals surface area contributed by atoms with Gasteiger partial charge < -0.3 is 0 Å². The van der Waals surface area contributed by atoms with Crippen LogP contribution in [0.15, 0.2) is 71.4 Å². The zero-order valence-corrected chi connectivity index (χ0v) is 12.8. The Labute approximate surface area is 122 Å². The maximum absolute atomic E-state index is 2.44. The van der Waals surface area contributed by atoms with Crippen molar-refractivity contribution in [2.24, 2.45) is 22.2 Å². The molecule has 102 valence electrons. The van der Waals surface area contributed by atoms with Crippen LogP contribution in [0.4, 0.5) is 0 Å². The highest BCUT2D eigenvalue weighted by Crippen LogP contribution is 2.61. The Bertz CT molecular complexity index is 675. The zero-order valence-electron chi connectivity index (χ0n) is 12.8. The molecule has 3 atom stereocenters. The van der Waals surface area contributed by atoms with Gasteiger partial charge >= 0.3 is 0 Å². The van der Waals surface area contributed by atoms with E-state index in [0.717, 1.165) is 0 Å². The van der Waals surface area contributed by atoms with Crippen molar-refractivity contribution >= 4 is 0 Å². The van der Waals surface area contributed by atoms with E-state index in [1.165, 1.54) is 16.7 Å². The van der Waals surface area contributed by atoms with Crippen LogP contribution in [0.5, 0.6) is 0 Å². The van der Waals surface area contributed by atoms with Crippen LogP contribution in [0, 0.1) is 22.2 Å². The third kappa shape index (κ3) is 1.23. The Kier molecular flexibility index (Phi) is 2.05. The van der Waals surface area contributed by atoms with E-state index in [4.69, 9.17) is 0 Å². The molecule has 0 amide bonds. The maximum atomic E-state index is 2.44. The highest BCUT2D eigenvalue weighted by atomic mass is 14.5. The molecular weight excluding hydrogens is 240 g/mol. The van der Waals surface area contributed by atoms with Crippen LogP contribution >= 0.6 is 0 Å². The summed E-state index contributed by atoms with van der Waals surface area (Å²) in [6, 6.07) is 0. The van der Waals surface area contributed by atoms with Gasteiger partial charge in [0, 0.05) is 22.2 Å². The molecule has 0 saturated heterocycles. The number of hydrogen-bond acceptors (Lipinski definition) is 0. The molecule has 0 spiro atoms. The number of hydrogen-bond donors (Lipinski definition) is 0. The van der Waals surface area contributed by atoms with E-state index in [1.807, 2.05) is 0 Å². The van der Waals surface area contributed by atoms with E-state index in [0.29, 0.717) is 5.92 Å². The fraction of sp³-hybridized carbons (Fsp3) is 0.400. The lowest BCUT2D eigenvalue weighted by molar-refractivity contribution is 0.215. The molecule has 0 radical (unpaired) electrons. The highest BCUT2D eigenvalue weighted by molar-refractivity contribution is 5.61. The molecule has 0 aromatic rings. The molecule has 0 heterocycles. The molecule has 0 heteroatoms. The summed E-state index contributed by atoms with van der Waals surface area (Å²) < 4.78 is 0. The van der Waals surface area contributed by atoms with Crippen LogP contribution in [0.25, 0.3) is 0 Å². The first-order chi connectivity index (χ1) is 9.38. The van der Waals surface area contributed by atoms with Gasteiger partial charge in [0.05, 0.1) is 0 Å². The monoisotopic (exact) mass is 262 g/mol. The van der Waals surface area contributed by atoms with E-state index < -0.39 is 0 Å². The molecule has 0 fully saturated rings. The van der Waals surface area contributed by atoms with E-state index in [2.05, 4.69) is 82.4 Å². The van der Waals surface area contributed by atoms with Crippen LogP contribution < -0.4 is 0 Å². The van der Waals surface area contributed by atoms with Gasteiger partial charge in [0.1, 0.15) is 0 Å². The minimum absolute atomic E-state index is 0.103. The maximum Gasteiger partial charge on any atom is 0.0184 e. The third-order valence-electron chi connectivity index (χ3n) is 5.97. The fourth-order valence-electron chi connectivity index (χ4n) is 4.44. The molecule has 4 rings (SSSR count). The van der Waals surface area contributed by atoms with E-state index in [9.17, 15) is 0 Å². The van der Waals surface area contributed by atoms with Crippen molar-refractivity contribution in [3.8, 4) is 0 Å². The van der Waals surface area contributed by atoms with Crippen molar-refractivity contribution < 1.29 is 0 Å². The Balaban J connectivity index is 2.05. The number of allylic oxidation sites excluding steroid dienone is 12. The van der Waals surface area contributed by atoms with Crippen molar-refractivity contribution in [3.05, 3.63) is 71.4 Å². The number of fused-ring (bicyclic) bond motifs is 2. The second-order valence-corrected chi connectivity index (χ2v) is 7.59. The average molecular weight is 262 g/mol. The van der Waals surface area contributed by atoms with Crippen molar-refractivity contribution in [1.29, 1.82) is 0 Å². The molecule has 4 aliphatic rings. The summed E-state index contributed by atoms with van der Waals surface area (Å²) in [7, 11) is 0. The van der Waals surface area contributed by atoms with Crippen molar-refractivity contribution in [2.45, 2.75) is 27.7 Å². The van der Waals surface area contributed by atoms with Crippen molar-refractivity contribution in [2.75, 3.05) is 0 Å². The Morgan fingerprint density at radius 3 is 2.35 bits per heavy atom. The minimum Gasteiger partial charge on any atom is -0.0822 e. The average Bonchev–Trinajstić information content (AvgIpc) is 2.50. The largest absolute Gasteiger partial charge is 0.0822 e. The quantitative estimate of drug-likeness (QED) is 0.530. The fourth-order valence-corrected chi connectivity index (χ4v) is 4.44. The Morgan fingerprint density at radius 1 is 0.850 bits per heavy atom. The lowest BCUT2D eigenvalue weighted by Gasteiger charge is -2.49. The van der Waals surface area contributed by atoms with E-state index in [-0.39, 0.29) is 16.2 Å². The van der Waals surface area contributed by atoms with Crippen LogP contribution in [0.2, 0.25) is 0 Å². The molecule has 20 heavy (non-hydrogen) atoms. The molecule has 0 nitrogen and oxygen atoms in total. The van der Waals surface area contributed by atoms with Crippen LogP contribution in [0.1, 0.15) is 27.7 Å². The van der Waals surface area contributed by atoms with Gasteiger partial charge in [-0.05, 0) is 16.7 Å². The van der Waals surface area contributed by atoms with E-state index in [1.54, 1.807) is 0 Å². The molecule has 0 unspecified atom stereocenters. The van der Waals surface area contributed by atoms with Crippen molar-refractivity contribution in [3.63, 3.8) is 0 Å². The topological polar surface area (TPSA) is 0 Å². The smallest absolute Gasteiger partial charge is 0.0184 e. The predicted molar refractivity (Wildman–Crippen MR) is 85.2 cm³/mol. The molecule has 4 aliphatic carbocycles. The molecule has 0 aliphatic heterocycles. The molecule has 2 bridgehead atoms. The minimum atomic E-state index is 0.103. The standard InChI is InChI=1S/C20H22/c1-18(2)14-8-11-19(3)12-9-17(19)20(4)10-6-5-7-15(18)16(20)13-14/h5-13,17H,1-4H3/b11-8-/t17-,19-,20-/m1/s1. The van der Waals surface area contributed by atoms with Crippen LogP contribution in [-0.4, -0.2) is 0 Å². The normalized spacial score (nSPS) is 44.2. The molecular formula is C20H22. The van der Waals surface area contributed by atoms with Crippen molar-refractivity contribution in [1.82, 2.24) is 0 Å². The summed E-state index contributed by atoms with van der Waals surface area (Å²) in [5.41, 5.74) is 4.89. The lowest BCUT2D eigenvalue weighted by atomic mass is 9.54. The molecule has 0 saturated carbocycles. The second-order valence-electron chi connectivity index (χ2n) is 7.59. The third-order valence-corrected chi connectivity index (χ3v) is 5.97. The summed E-state index contributed by atoms with van der Waals surface area (Å²) in [6.45, 7) is 9.48. The first kappa shape index (κ1) is 12.2. The zero-order chi connectivity index (χ0) is 14.2. The lowest BCUT2D eigenvalue weighted by Crippen LogP contribution is -2.42. The summed E-state index contributed by atoms with van der Waals surface area (Å²) >= 11 is 0. The second kappa shape index (κ2) is 3.36. The highest BCUT2D eigenvalue weighted by Gasteiger charge is 2.51. The predicted octanol–water partition coefficient (Wildman–Crippen LogP) is 5.14. The molecule has 0 aromatic carbocycles. The van der Waals surface area contributed by atoms with Gasteiger partial charge in [-0.2, -0.15) is 0 Å². The van der Waals surface area contributed by atoms with Gasteiger partial charge in [-0.15, -0.1) is 0 Å².